The molecule has 7 nitrogen and oxygen atoms in total. The molecule has 0 radical (unpaired) electrons. The third kappa shape index (κ3) is 3.70. The van der Waals surface area contributed by atoms with Gasteiger partial charge in [0.1, 0.15) is 4.90 Å². The zero-order valence-corrected chi connectivity index (χ0v) is 17.7. The minimum Gasteiger partial charge on any atom is -0.216 e. The summed E-state index contributed by atoms with van der Waals surface area (Å²) < 4.78 is 29.7. The van der Waals surface area contributed by atoms with Crippen LogP contribution in [-0.4, -0.2) is 45.8 Å². The first-order valence-corrected chi connectivity index (χ1v) is 11.3. The SMILES string of the molecule is Cc1nn(-c2ccc(-c3ccccc3)nn2)c(C)c1S(=O)(=O)N1CCC(C)CC1. The largest absolute Gasteiger partial charge is 0.246 e. The van der Waals surface area contributed by atoms with Gasteiger partial charge in [-0.1, -0.05) is 37.3 Å². The van der Waals surface area contributed by atoms with E-state index in [9.17, 15) is 8.42 Å². The first-order valence-electron chi connectivity index (χ1n) is 9.84. The van der Waals surface area contributed by atoms with Crippen LogP contribution in [0.1, 0.15) is 31.2 Å². The topological polar surface area (TPSA) is 81.0 Å². The van der Waals surface area contributed by atoms with Crippen molar-refractivity contribution in [1.29, 1.82) is 0 Å². The van der Waals surface area contributed by atoms with E-state index in [4.69, 9.17) is 0 Å². The van der Waals surface area contributed by atoms with Gasteiger partial charge in [-0.3, -0.25) is 0 Å². The Labute approximate surface area is 171 Å². The Bertz CT molecular complexity index is 1100. The molecular formula is C21H25N5O2S. The van der Waals surface area contributed by atoms with Crippen molar-refractivity contribution in [2.45, 2.75) is 38.5 Å². The second-order valence-electron chi connectivity index (χ2n) is 7.64. The molecule has 0 spiro atoms. The predicted octanol–water partition coefficient (Wildman–Crippen LogP) is 3.37. The van der Waals surface area contributed by atoms with Crippen LogP contribution in [0, 0.1) is 19.8 Å². The van der Waals surface area contributed by atoms with Crippen LogP contribution in [0.25, 0.3) is 17.1 Å². The first kappa shape index (κ1) is 19.7. The second-order valence-corrected chi connectivity index (χ2v) is 9.52. The molecule has 0 atom stereocenters. The van der Waals surface area contributed by atoms with Crippen LogP contribution in [0.3, 0.4) is 0 Å². The highest BCUT2D eigenvalue weighted by atomic mass is 32.2. The Morgan fingerprint density at radius 3 is 2.28 bits per heavy atom. The number of hydrogen-bond acceptors (Lipinski definition) is 5. The maximum absolute atomic E-state index is 13.3. The maximum atomic E-state index is 13.3. The highest BCUT2D eigenvalue weighted by molar-refractivity contribution is 7.89. The van der Waals surface area contributed by atoms with Gasteiger partial charge in [0.25, 0.3) is 0 Å². The molecule has 8 heteroatoms. The summed E-state index contributed by atoms with van der Waals surface area (Å²) in [5.74, 6) is 1.06. The Hall–Kier alpha value is -2.58. The highest BCUT2D eigenvalue weighted by Crippen LogP contribution is 2.28. The van der Waals surface area contributed by atoms with Gasteiger partial charge in [0, 0.05) is 18.7 Å². The van der Waals surface area contributed by atoms with Gasteiger partial charge >= 0.3 is 0 Å². The minimum atomic E-state index is -3.58. The molecule has 0 aliphatic carbocycles. The zero-order valence-electron chi connectivity index (χ0n) is 16.9. The van der Waals surface area contributed by atoms with Gasteiger partial charge in [-0.25, -0.2) is 13.1 Å². The summed E-state index contributed by atoms with van der Waals surface area (Å²) in [6.07, 6.45) is 1.77. The average Bonchev–Trinajstić information content (AvgIpc) is 3.04. The molecule has 0 N–H and O–H groups in total. The molecule has 29 heavy (non-hydrogen) atoms. The molecule has 0 amide bonds. The molecule has 0 saturated carbocycles. The van der Waals surface area contributed by atoms with E-state index in [2.05, 4.69) is 22.2 Å². The molecule has 152 valence electrons. The molecule has 3 heterocycles. The van der Waals surface area contributed by atoms with Crippen LogP contribution in [0.2, 0.25) is 0 Å². The molecule has 4 rings (SSSR count). The molecule has 1 fully saturated rings. The molecule has 3 aromatic rings. The van der Waals surface area contributed by atoms with E-state index >= 15 is 0 Å². The van der Waals surface area contributed by atoms with Gasteiger partial charge in [0.15, 0.2) is 5.82 Å². The quantitative estimate of drug-likeness (QED) is 0.657. The lowest BCUT2D eigenvalue weighted by molar-refractivity contribution is 0.288. The number of hydrogen-bond donors (Lipinski definition) is 0. The lowest BCUT2D eigenvalue weighted by Gasteiger charge is -2.29. The Morgan fingerprint density at radius 2 is 1.66 bits per heavy atom. The Balaban J connectivity index is 1.67. The second kappa shape index (κ2) is 7.68. The van der Waals surface area contributed by atoms with Crippen molar-refractivity contribution >= 4 is 10.0 Å². The van der Waals surface area contributed by atoms with Gasteiger partial charge in [0.2, 0.25) is 10.0 Å². The number of sulfonamides is 1. The number of aromatic nitrogens is 4. The van der Waals surface area contributed by atoms with Crippen LogP contribution in [0.4, 0.5) is 0 Å². The first-order chi connectivity index (χ1) is 13.9. The molecule has 1 aliphatic heterocycles. The van der Waals surface area contributed by atoms with Crippen molar-refractivity contribution in [2.75, 3.05) is 13.1 Å². The smallest absolute Gasteiger partial charge is 0.216 e. The lowest BCUT2D eigenvalue weighted by Crippen LogP contribution is -2.38. The number of rotatable bonds is 4. The fraction of sp³-hybridized carbons (Fsp3) is 0.381. The third-order valence-corrected chi connectivity index (χ3v) is 7.65. The number of nitrogens with zero attached hydrogens (tertiary/aromatic N) is 5. The number of aryl methyl sites for hydroxylation is 1. The van der Waals surface area contributed by atoms with Crippen LogP contribution >= 0.6 is 0 Å². The molecule has 1 aliphatic rings. The molecule has 2 aromatic heterocycles. The summed E-state index contributed by atoms with van der Waals surface area (Å²) in [6, 6.07) is 13.5. The van der Waals surface area contributed by atoms with Crippen molar-refractivity contribution in [3.05, 3.63) is 53.9 Å². The highest BCUT2D eigenvalue weighted by Gasteiger charge is 2.33. The average molecular weight is 412 g/mol. The van der Waals surface area contributed by atoms with E-state index in [0.29, 0.717) is 36.2 Å². The van der Waals surface area contributed by atoms with E-state index in [1.54, 1.807) is 22.8 Å². The van der Waals surface area contributed by atoms with E-state index in [1.807, 2.05) is 42.5 Å². The van der Waals surface area contributed by atoms with Crippen molar-refractivity contribution in [2.24, 2.45) is 5.92 Å². The van der Waals surface area contributed by atoms with E-state index < -0.39 is 10.0 Å². The predicted molar refractivity (Wildman–Crippen MR) is 111 cm³/mol. The standard InChI is InChI=1S/C21H25N5O2S/c1-15-11-13-25(14-12-15)29(27,28)21-16(2)24-26(17(21)3)20-10-9-19(22-23-20)18-7-5-4-6-8-18/h4-10,15H,11-14H2,1-3H3. The molecule has 0 bridgehead atoms. The normalized spacial score (nSPS) is 16.2. The third-order valence-electron chi connectivity index (χ3n) is 5.50. The zero-order chi connectivity index (χ0) is 20.6. The summed E-state index contributed by atoms with van der Waals surface area (Å²) in [7, 11) is -3.58. The van der Waals surface area contributed by atoms with Crippen LogP contribution in [0.15, 0.2) is 47.4 Å². The van der Waals surface area contributed by atoms with Gasteiger partial charge < -0.3 is 0 Å². The summed E-state index contributed by atoms with van der Waals surface area (Å²) in [5, 5.41) is 13.0. The van der Waals surface area contributed by atoms with Gasteiger partial charge in [-0.2, -0.15) is 9.40 Å². The summed E-state index contributed by atoms with van der Waals surface area (Å²) in [4.78, 5) is 0.279. The van der Waals surface area contributed by atoms with Crippen molar-refractivity contribution in [3.8, 4) is 17.1 Å². The van der Waals surface area contributed by atoms with Gasteiger partial charge in [-0.15, -0.1) is 10.2 Å². The fourth-order valence-electron chi connectivity index (χ4n) is 3.78. The fourth-order valence-corrected chi connectivity index (χ4v) is 5.60. The van der Waals surface area contributed by atoms with E-state index in [-0.39, 0.29) is 4.90 Å². The summed E-state index contributed by atoms with van der Waals surface area (Å²) in [6.45, 7) is 6.77. The Kier molecular flexibility index (Phi) is 5.23. The van der Waals surface area contributed by atoms with E-state index in [1.165, 1.54) is 0 Å². The lowest BCUT2D eigenvalue weighted by atomic mass is 10.0. The monoisotopic (exact) mass is 411 g/mol. The Morgan fingerprint density at radius 1 is 0.966 bits per heavy atom. The van der Waals surface area contributed by atoms with Crippen LogP contribution in [-0.2, 0) is 10.0 Å². The maximum Gasteiger partial charge on any atom is 0.246 e. The summed E-state index contributed by atoms with van der Waals surface area (Å²) in [5.41, 5.74) is 2.77. The van der Waals surface area contributed by atoms with Gasteiger partial charge in [0.05, 0.1) is 17.1 Å². The minimum absolute atomic E-state index is 0.279. The molecule has 1 saturated heterocycles. The molecule has 1 aromatic carbocycles. The summed E-state index contributed by atoms with van der Waals surface area (Å²) >= 11 is 0. The molecule has 0 unspecified atom stereocenters. The van der Waals surface area contributed by atoms with Crippen molar-refractivity contribution in [1.82, 2.24) is 24.3 Å². The molecular weight excluding hydrogens is 386 g/mol. The van der Waals surface area contributed by atoms with Crippen LogP contribution < -0.4 is 0 Å². The van der Waals surface area contributed by atoms with E-state index in [0.717, 1.165) is 24.1 Å². The number of piperidine rings is 1. The van der Waals surface area contributed by atoms with Crippen molar-refractivity contribution < 1.29 is 8.42 Å². The number of benzene rings is 1. The van der Waals surface area contributed by atoms with Crippen molar-refractivity contribution in [3.63, 3.8) is 0 Å². The van der Waals surface area contributed by atoms with Crippen LogP contribution in [0.5, 0.6) is 0 Å². The van der Waals surface area contributed by atoms with Gasteiger partial charge in [-0.05, 0) is 44.7 Å².